The minimum absolute atomic E-state index is 0.0561. The molecule has 6 rings (SSSR count). The lowest BCUT2D eigenvalue weighted by Crippen LogP contribution is -2.47. The third kappa shape index (κ3) is 8.52. The number of methoxy groups -OCH3 is 2. The maximum absolute atomic E-state index is 14.3. The molecule has 0 radical (unpaired) electrons. The Kier molecular flexibility index (Phi) is 12.2. The van der Waals surface area contributed by atoms with E-state index in [1.165, 1.54) is 26.4 Å². The lowest BCUT2D eigenvalue weighted by molar-refractivity contribution is 0.0730. The number of hydrogen-bond acceptors (Lipinski definition) is 11. The van der Waals surface area contributed by atoms with Crippen molar-refractivity contribution in [2.24, 2.45) is 0 Å². The van der Waals surface area contributed by atoms with Crippen LogP contribution in [0, 0.1) is 0 Å². The van der Waals surface area contributed by atoms with Gasteiger partial charge in [0.2, 0.25) is 0 Å². The van der Waals surface area contributed by atoms with E-state index in [1.54, 1.807) is 17.0 Å². The number of nitrogens with zero attached hydrogens (tertiary/aromatic N) is 2. The van der Waals surface area contributed by atoms with Crippen molar-refractivity contribution in [3.8, 4) is 23.0 Å². The molecule has 0 spiro atoms. The monoisotopic (exact) mass is 798 g/mol. The number of ether oxygens (including phenoxy) is 4. The summed E-state index contributed by atoms with van der Waals surface area (Å²) in [5, 5.41) is 4.36. The molecule has 14 nitrogen and oxygen atoms in total. The molecule has 0 saturated carbocycles. The van der Waals surface area contributed by atoms with E-state index in [-0.39, 0.29) is 67.4 Å². The van der Waals surface area contributed by atoms with Crippen molar-refractivity contribution in [3.63, 3.8) is 0 Å². The minimum atomic E-state index is -4.72. The van der Waals surface area contributed by atoms with Crippen LogP contribution in [0.3, 0.4) is 0 Å². The average molecular weight is 799 g/mol. The van der Waals surface area contributed by atoms with Gasteiger partial charge in [-0.15, -0.1) is 0 Å². The van der Waals surface area contributed by atoms with E-state index in [0.717, 1.165) is 17.7 Å². The zero-order valence-corrected chi connectivity index (χ0v) is 32.4. The van der Waals surface area contributed by atoms with Crippen LogP contribution in [0.4, 0.5) is 20.2 Å². The van der Waals surface area contributed by atoms with Crippen molar-refractivity contribution in [1.29, 1.82) is 0 Å². The summed E-state index contributed by atoms with van der Waals surface area (Å²) in [5.41, 5.74) is 1.15. The fourth-order valence-corrected chi connectivity index (χ4v) is 11.7. The molecular weight excluding hydrogens is 749 g/mol. The quantitative estimate of drug-likeness (QED) is 0.114. The molecule has 0 aromatic heterocycles. The Morgan fingerprint density at radius 3 is 1.94 bits per heavy atom. The highest BCUT2D eigenvalue weighted by atomic mass is 32.2. The highest BCUT2D eigenvalue weighted by Gasteiger charge is 2.48. The van der Waals surface area contributed by atoms with Gasteiger partial charge < -0.3 is 43.9 Å². The summed E-state index contributed by atoms with van der Waals surface area (Å²) < 4.78 is 100. The van der Waals surface area contributed by atoms with Gasteiger partial charge in [-0.2, -0.15) is 8.42 Å². The minimum Gasteiger partial charge on any atom is -0.493 e. The molecule has 4 aliphatic rings. The molecule has 4 aliphatic heterocycles. The number of carbonyl (C=O) groups is 2. The molecule has 54 heavy (non-hydrogen) atoms. The fraction of sp³-hybridized carbons (Fsp3) is 0.611. The number of halogens is 2. The van der Waals surface area contributed by atoms with Crippen molar-refractivity contribution in [2.75, 3.05) is 76.2 Å². The number of alkyl halides is 2. The van der Waals surface area contributed by atoms with Crippen molar-refractivity contribution >= 4 is 40.4 Å². The zero-order chi connectivity index (χ0) is 38.8. The standard InChI is InChI=1S/C36H49F2N4O10PS/c1-4-5-10-53(45,11-6-8-51-32-17-27-25(15-30(32)49-2)35(43)41-20-22(37)13-24(41)19-39-27)12-7-9-52-33-18-28-26(16-31(33)50-3)36(44)42-21-23(38)14-29(42)34(40-28)54(46,47)48/h15-18,22-24,29,34,39-40H,4-14,19-21H2,1-3H3,(H,46,47,48)/t22?,23?,24-,29-,34?,53?/m0/s1. The molecule has 18 heteroatoms. The van der Waals surface area contributed by atoms with Gasteiger partial charge in [-0.25, -0.2) is 8.78 Å². The lowest BCUT2D eigenvalue weighted by atomic mass is 10.1. The first kappa shape index (κ1) is 39.9. The number of carbonyl (C=O) groups excluding carboxylic acids is 2. The van der Waals surface area contributed by atoms with Crippen LogP contribution < -0.4 is 29.6 Å². The van der Waals surface area contributed by atoms with Crippen LogP contribution in [0.25, 0.3) is 0 Å². The van der Waals surface area contributed by atoms with Crippen LogP contribution >= 0.6 is 7.14 Å². The summed E-state index contributed by atoms with van der Waals surface area (Å²) in [7, 11) is -4.49. The second-order valence-corrected chi connectivity index (χ2v) is 19.3. The van der Waals surface area contributed by atoms with Crippen LogP contribution in [0.2, 0.25) is 0 Å². The largest absolute Gasteiger partial charge is 0.493 e. The summed E-state index contributed by atoms with van der Waals surface area (Å²) in [6, 6.07) is 4.84. The SMILES string of the molecule is CCCCP(=O)(CCCOc1cc2c(cc1OC)C(=O)N1CC(F)C[C@H]1CN2)CCCOc1cc2c(cc1OC)C(=O)N1CC(F)C[C@H]1C(S(=O)(=O)O)N2. The molecule has 0 bridgehead atoms. The number of anilines is 2. The number of amides is 2. The molecule has 4 heterocycles. The molecule has 3 N–H and O–H groups in total. The Hall–Kier alpha value is -3.82. The molecule has 298 valence electrons. The summed E-state index contributed by atoms with van der Waals surface area (Å²) in [4.78, 5) is 29.3. The molecule has 6 atom stereocenters. The Bertz CT molecular complexity index is 1890. The summed E-state index contributed by atoms with van der Waals surface area (Å²) in [6.45, 7) is 2.66. The predicted octanol–water partition coefficient (Wildman–Crippen LogP) is 5.28. The van der Waals surface area contributed by atoms with Gasteiger partial charge >= 0.3 is 0 Å². The number of rotatable bonds is 16. The summed E-state index contributed by atoms with van der Waals surface area (Å²) in [6.07, 6.45) is 1.63. The predicted molar refractivity (Wildman–Crippen MR) is 199 cm³/mol. The topological polar surface area (TPSA) is 173 Å². The van der Waals surface area contributed by atoms with E-state index in [9.17, 15) is 35.9 Å². The van der Waals surface area contributed by atoms with Crippen LogP contribution in [0.5, 0.6) is 23.0 Å². The number of hydrogen-bond donors (Lipinski definition) is 3. The third-order valence-corrected chi connectivity index (χ3v) is 15.1. The lowest BCUT2D eigenvalue weighted by Gasteiger charge is -2.26. The molecule has 2 amide bonds. The molecular formula is C36H49F2N4O10PS. The first-order valence-electron chi connectivity index (χ1n) is 18.4. The van der Waals surface area contributed by atoms with Crippen LogP contribution in [0.15, 0.2) is 24.3 Å². The first-order chi connectivity index (χ1) is 25.7. The van der Waals surface area contributed by atoms with E-state index in [0.29, 0.717) is 67.0 Å². The van der Waals surface area contributed by atoms with Gasteiger partial charge in [0, 0.05) is 50.0 Å². The van der Waals surface area contributed by atoms with Crippen LogP contribution in [0.1, 0.15) is 66.2 Å². The van der Waals surface area contributed by atoms with E-state index in [2.05, 4.69) is 10.6 Å². The normalized spacial score (nSPS) is 24.5. The zero-order valence-electron chi connectivity index (χ0n) is 30.7. The van der Waals surface area contributed by atoms with Gasteiger partial charge in [-0.3, -0.25) is 14.1 Å². The van der Waals surface area contributed by atoms with E-state index < -0.39 is 46.9 Å². The second kappa shape index (κ2) is 16.5. The second-order valence-electron chi connectivity index (χ2n) is 14.3. The van der Waals surface area contributed by atoms with Crippen molar-refractivity contribution in [1.82, 2.24) is 9.80 Å². The molecule has 2 aromatic carbocycles. The molecule has 0 aliphatic carbocycles. The Morgan fingerprint density at radius 2 is 1.35 bits per heavy atom. The van der Waals surface area contributed by atoms with Crippen molar-refractivity contribution in [2.45, 2.75) is 75.2 Å². The number of benzene rings is 2. The van der Waals surface area contributed by atoms with Gasteiger partial charge in [0.05, 0.1) is 82.3 Å². The molecule has 2 aromatic rings. The van der Waals surface area contributed by atoms with E-state index in [1.807, 2.05) is 6.92 Å². The van der Waals surface area contributed by atoms with Gasteiger partial charge in [-0.1, -0.05) is 13.3 Å². The summed E-state index contributed by atoms with van der Waals surface area (Å²) in [5.74, 6) is 0.394. The maximum Gasteiger partial charge on any atom is 0.288 e. The van der Waals surface area contributed by atoms with Crippen molar-refractivity contribution in [3.05, 3.63) is 35.4 Å². The Labute approximate surface area is 314 Å². The maximum atomic E-state index is 14.3. The van der Waals surface area contributed by atoms with E-state index >= 15 is 0 Å². The number of unbranched alkanes of at least 4 members (excludes halogenated alkanes) is 1. The first-order valence-corrected chi connectivity index (χ1v) is 22.1. The number of nitrogens with one attached hydrogen (secondary N) is 2. The summed E-state index contributed by atoms with van der Waals surface area (Å²) >= 11 is 0. The Balaban J connectivity index is 1.07. The van der Waals surface area contributed by atoms with Crippen LogP contribution in [-0.2, 0) is 14.7 Å². The Morgan fingerprint density at radius 1 is 0.815 bits per heavy atom. The fourth-order valence-electron chi connectivity index (χ4n) is 7.83. The van der Waals surface area contributed by atoms with Gasteiger partial charge in [0.1, 0.15) is 12.3 Å². The molecule has 4 unspecified atom stereocenters. The van der Waals surface area contributed by atoms with Gasteiger partial charge in [0.15, 0.2) is 28.4 Å². The number of fused-ring (bicyclic) bond motifs is 4. The van der Waals surface area contributed by atoms with Gasteiger partial charge in [-0.05, 0) is 31.4 Å². The smallest absolute Gasteiger partial charge is 0.288 e. The highest BCUT2D eigenvalue weighted by molar-refractivity contribution is 7.86. The molecule has 2 fully saturated rings. The van der Waals surface area contributed by atoms with Crippen LogP contribution in [-0.4, -0.2) is 130 Å². The third-order valence-electron chi connectivity index (χ3n) is 10.6. The van der Waals surface area contributed by atoms with E-state index in [4.69, 9.17) is 18.9 Å². The average Bonchev–Trinajstić information content (AvgIpc) is 3.66. The van der Waals surface area contributed by atoms with Crippen molar-refractivity contribution < 1.29 is 54.9 Å². The molecule has 2 saturated heterocycles. The van der Waals surface area contributed by atoms with Gasteiger partial charge in [0.25, 0.3) is 21.9 Å². The highest BCUT2D eigenvalue weighted by Crippen LogP contribution is 2.48.